The van der Waals surface area contributed by atoms with Gasteiger partial charge in [0.05, 0.1) is 25.4 Å². The molecule has 4 heteroatoms. The van der Waals surface area contributed by atoms with Crippen molar-refractivity contribution in [1.29, 1.82) is 0 Å². The quantitative estimate of drug-likeness (QED) is 0.916. The van der Waals surface area contributed by atoms with Gasteiger partial charge in [0.1, 0.15) is 0 Å². The Hall–Kier alpha value is -1.20. The number of nitrogens with one attached hydrogen (secondary N) is 1. The van der Waals surface area contributed by atoms with Crippen LogP contribution in [0.3, 0.4) is 0 Å². The van der Waals surface area contributed by atoms with Crippen LogP contribution in [0.15, 0.2) is 30.3 Å². The molecule has 0 aliphatic carbocycles. The number of rotatable bonds is 3. The van der Waals surface area contributed by atoms with Crippen molar-refractivity contribution in [3.05, 3.63) is 41.5 Å². The van der Waals surface area contributed by atoms with Crippen LogP contribution >= 0.6 is 0 Å². The number of likely N-dealkylation sites (tertiary alicyclic amines) is 1. The fourth-order valence-corrected chi connectivity index (χ4v) is 5.00. The molecule has 25 heavy (non-hydrogen) atoms. The molecule has 1 unspecified atom stereocenters. The van der Waals surface area contributed by atoms with Gasteiger partial charge in [-0.1, -0.05) is 30.3 Å². The predicted octanol–water partition coefficient (Wildman–Crippen LogP) is 2.41. The third-order valence-corrected chi connectivity index (χ3v) is 6.58. The SMILES string of the molecule is C1=C(c2ccccc2C2CCN(C3COC4(CNC4)C3)CC2)COC1. The second kappa shape index (κ2) is 6.51. The molecule has 1 spiro atoms. The molecule has 134 valence electrons. The molecule has 1 aromatic carbocycles. The summed E-state index contributed by atoms with van der Waals surface area (Å²) < 4.78 is 11.7. The van der Waals surface area contributed by atoms with E-state index in [1.54, 1.807) is 0 Å². The van der Waals surface area contributed by atoms with Gasteiger partial charge in [-0.3, -0.25) is 4.90 Å². The summed E-state index contributed by atoms with van der Waals surface area (Å²) in [6.45, 7) is 6.95. The van der Waals surface area contributed by atoms with Gasteiger partial charge in [-0.05, 0) is 55.0 Å². The third-order valence-electron chi connectivity index (χ3n) is 6.58. The molecule has 4 nitrogen and oxygen atoms in total. The van der Waals surface area contributed by atoms with E-state index in [-0.39, 0.29) is 5.60 Å². The molecule has 4 aliphatic heterocycles. The molecule has 1 N–H and O–H groups in total. The lowest BCUT2D eigenvalue weighted by Crippen LogP contribution is -2.59. The Labute approximate surface area is 150 Å². The van der Waals surface area contributed by atoms with Gasteiger partial charge in [0.25, 0.3) is 0 Å². The molecule has 0 amide bonds. The van der Waals surface area contributed by atoms with Gasteiger partial charge in [-0.15, -0.1) is 0 Å². The van der Waals surface area contributed by atoms with Crippen LogP contribution in [0, 0.1) is 0 Å². The van der Waals surface area contributed by atoms with Crippen molar-refractivity contribution in [2.75, 3.05) is 46.0 Å². The van der Waals surface area contributed by atoms with E-state index in [1.165, 1.54) is 49.1 Å². The summed E-state index contributed by atoms with van der Waals surface area (Å²) in [5.41, 5.74) is 4.49. The summed E-state index contributed by atoms with van der Waals surface area (Å²) in [5, 5.41) is 3.37. The van der Waals surface area contributed by atoms with Crippen LogP contribution in [-0.2, 0) is 9.47 Å². The lowest BCUT2D eigenvalue weighted by molar-refractivity contribution is -0.0367. The maximum atomic E-state index is 6.11. The second-order valence-electron chi connectivity index (χ2n) is 8.10. The van der Waals surface area contributed by atoms with Crippen LogP contribution in [0.25, 0.3) is 5.57 Å². The van der Waals surface area contributed by atoms with Gasteiger partial charge < -0.3 is 14.8 Å². The Bertz CT molecular complexity index is 660. The molecule has 4 heterocycles. The van der Waals surface area contributed by atoms with E-state index in [0.717, 1.165) is 32.9 Å². The minimum absolute atomic E-state index is 0.170. The molecule has 5 rings (SSSR count). The topological polar surface area (TPSA) is 33.7 Å². The molecule has 0 bridgehead atoms. The maximum absolute atomic E-state index is 6.11. The van der Waals surface area contributed by atoms with Crippen molar-refractivity contribution in [1.82, 2.24) is 10.2 Å². The molecule has 1 atom stereocenters. The minimum atomic E-state index is 0.170. The van der Waals surface area contributed by atoms with Crippen LogP contribution in [0.2, 0.25) is 0 Å². The predicted molar refractivity (Wildman–Crippen MR) is 98.7 cm³/mol. The van der Waals surface area contributed by atoms with Crippen LogP contribution in [-0.4, -0.2) is 62.5 Å². The molecular weight excluding hydrogens is 312 g/mol. The van der Waals surface area contributed by atoms with E-state index in [0.29, 0.717) is 12.0 Å². The summed E-state index contributed by atoms with van der Waals surface area (Å²) in [6, 6.07) is 9.60. The highest BCUT2D eigenvalue weighted by atomic mass is 16.5. The highest BCUT2D eigenvalue weighted by Gasteiger charge is 2.47. The van der Waals surface area contributed by atoms with Crippen molar-refractivity contribution in [2.45, 2.75) is 36.8 Å². The summed E-state index contributed by atoms with van der Waals surface area (Å²) in [7, 11) is 0. The minimum Gasteiger partial charge on any atom is -0.373 e. The van der Waals surface area contributed by atoms with Crippen molar-refractivity contribution in [2.24, 2.45) is 0 Å². The number of ether oxygens (including phenoxy) is 2. The molecule has 3 saturated heterocycles. The fourth-order valence-electron chi connectivity index (χ4n) is 5.00. The number of benzene rings is 1. The lowest BCUT2D eigenvalue weighted by Gasteiger charge is -2.40. The van der Waals surface area contributed by atoms with Crippen molar-refractivity contribution < 1.29 is 9.47 Å². The summed E-state index contributed by atoms with van der Waals surface area (Å²) >= 11 is 0. The Kier molecular flexibility index (Phi) is 4.17. The standard InChI is InChI=1S/C21H28N2O2/c1-2-4-20(17-7-10-24-12-17)19(3-1)16-5-8-23(9-6-16)18-11-21(25-13-18)14-22-15-21/h1-4,7,16,18,22H,5-6,8-15H2. The van der Waals surface area contributed by atoms with Crippen molar-refractivity contribution in [3.63, 3.8) is 0 Å². The van der Waals surface area contributed by atoms with E-state index in [9.17, 15) is 0 Å². The molecule has 4 aliphatic rings. The largest absolute Gasteiger partial charge is 0.373 e. The third kappa shape index (κ3) is 2.95. The van der Waals surface area contributed by atoms with Gasteiger partial charge >= 0.3 is 0 Å². The van der Waals surface area contributed by atoms with Gasteiger partial charge in [0.2, 0.25) is 0 Å². The Morgan fingerprint density at radius 1 is 1.12 bits per heavy atom. The van der Waals surface area contributed by atoms with Gasteiger partial charge in [-0.25, -0.2) is 0 Å². The fraction of sp³-hybridized carbons (Fsp3) is 0.619. The first kappa shape index (κ1) is 16.0. The zero-order chi connectivity index (χ0) is 16.7. The molecule has 0 radical (unpaired) electrons. The smallest absolute Gasteiger partial charge is 0.0946 e. The van der Waals surface area contributed by atoms with E-state index in [2.05, 4.69) is 40.6 Å². The van der Waals surface area contributed by atoms with E-state index in [1.807, 2.05) is 0 Å². The van der Waals surface area contributed by atoms with E-state index >= 15 is 0 Å². The zero-order valence-electron chi connectivity index (χ0n) is 14.9. The Morgan fingerprint density at radius 2 is 1.96 bits per heavy atom. The molecular formula is C21H28N2O2. The Morgan fingerprint density at radius 3 is 2.64 bits per heavy atom. The normalized spacial score (nSPS) is 29.8. The highest BCUT2D eigenvalue weighted by molar-refractivity contribution is 5.70. The highest BCUT2D eigenvalue weighted by Crippen LogP contribution is 2.37. The van der Waals surface area contributed by atoms with Crippen molar-refractivity contribution >= 4 is 5.57 Å². The first-order valence-electron chi connectivity index (χ1n) is 9.78. The van der Waals surface area contributed by atoms with E-state index < -0.39 is 0 Å². The summed E-state index contributed by atoms with van der Waals surface area (Å²) in [4.78, 5) is 2.68. The monoisotopic (exact) mass is 340 g/mol. The molecule has 1 aromatic rings. The molecule has 0 aromatic heterocycles. The van der Waals surface area contributed by atoms with Crippen LogP contribution in [0.4, 0.5) is 0 Å². The molecule has 3 fully saturated rings. The van der Waals surface area contributed by atoms with Crippen LogP contribution < -0.4 is 5.32 Å². The maximum Gasteiger partial charge on any atom is 0.0946 e. The first-order chi connectivity index (χ1) is 12.3. The average molecular weight is 340 g/mol. The number of hydrogen-bond acceptors (Lipinski definition) is 4. The number of nitrogens with zero attached hydrogens (tertiary/aromatic N) is 1. The van der Waals surface area contributed by atoms with Gasteiger partial charge in [0, 0.05) is 19.1 Å². The first-order valence-corrected chi connectivity index (χ1v) is 9.78. The lowest BCUT2D eigenvalue weighted by atomic mass is 9.83. The summed E-state index contributed by atoms with van der Waals surface area (Å²) in [6.07, 6.45) is 5.97. The van der Waals surface area contributed by atoms with Gasteiger partial charge in [0.15, 0.2) is 0 Å². The number of piperidine rings is 1. The second-order valence-corrected chi connectivity index (χ2v) is 8.10. The Balaban J connectivity index is 1.25. The number of hydrogen-bond donors (Lipinski definition) is 1. The van der Waals surface area contributed by atoms with E-state index in [4.69, 9.17) is 9.47 Å². The van der Waals surface area contributed by atoms with Crippen LogP contribution in [0.5, 0.6) is 0 Å². The zero-order valence-corrected chi connectivity index (χ0v) is 14.9. The summed E-state index contributed by atoms with van der Waals surface area (Å²) in [5.74, 6) is 0.676. The average Bonchev–Trinajstić information content (AvgIpc) is 3.32. The van der Waals surface area contributed by atoms with Crippen LogP contribution in [0.1, 0.15) is 36.3 Å². The molecule has 0 saturated carbocycles. The van der Waals surface area contributed by atoms with Gasteiger partial charge in [-0.2, -0.15) is 0 Å². The van der Waals surface area contributed by atoms with Crippen molar-refractivity contribution in [3.8, 4) is 0 Å².